The van der Waals surface area contributed by atoms with E-state index in [4.69, 9.17) is 9.47 Å². The van der Waals surface area contributed by atoms with E-state index in [0.717, 1.165) is 25.3 Å². The van der Waals surface area contributed by atoms with Crippen molar-refractivity contribution in [1.82, 2.24) is 10.2 Å². The lowest BCUT2D eigenvalue weighted by Crippen LogP contribution is -2.39. The summed E-state index contributed by atoms with van der Waals surface area (Å²) in [5.74, 6) is 1.49. The number of rotatable bonds is 1. The quantitative estimate of drug-likeness (QED) is 0.859. The SMILES string of the molecule is Cl.O=C(c1ccc2c(c1)OCO2)N1CCC2CCC(C1)N2. The predicted molar refractivity (Wildman–Crippen MR) is 80.3 cm³/mol. The lowest BCUT2D eigenvalue weighted by Gasteiger charge is -2.24. The van der Waals surface area contributed by atoms with Gasteiger partial charge in [-0.25, -0.2) is 0 Å². The van der Waals surface area contributed by atoms with Gasteiger partial charge in [0.1, 0.15) is 0 Å². The van der Waals surface area contributed by atoms with Crippen LogP contribution in [0.1, 0.15) is 29.6 Å². The molecule has 3 heterocycles. The van der Waals surface area contributed by atoms with Crippen LogP contribution < -0.4 is 14.8 Å². The fourth-order valence-electron chi connectivity index (χ4n) is 3.34. The molecule has 2 bridgehead atoms. The number of benzene rings is 1. The van der Waals surface area contributed by atoms with E-state index >= 15 is 0 Å². The number of fused-ring (bicyclic) bond motifs is 3. The topological polar surface area (TPSA) is 50.8 Å². The number of hydrogen-bond donors (Lipinski definition) is 1. The van der Waals surface area contributed by atoms with Crippen molar-refractivity contribution in [3.63, 3.8) is 0 Å². The molecule has 3 aliphatic heterocycles. The average molecular weight is 311 g/mol. The van der Waals surface area contributed by atoms with E-state index in [1.165, 1.54) is 12.8 Å². The van der Waals surface area contributed by atoms with Gasteiger partial charge in [-0.15, -0.1) is 12.4 Å². The first-order chi connectivity index (χ1) is 9.79. The highest BCUT2D eigenvalue weighted by Crippen LogP contribution is 2.33. The van der Waals surface area contributed by atoms with E-state index in [-0.39, 0.29) is 25.1 Å². The van der Waals surface area contributed by atoms with Crippen molar-refractivity contribution >= 4 is 18.3 Å². The third kappa shape index (κ3) is 2.68. The first-order valence-electron chi connectivity index (χ1n) is 7.24. The van der Waals surface area contributed by atoms with Crippen molar-refractivity contribution in [1.29, 1.82) is 0 Å². The third-order valence-electron chi connectivity index (χ3n) is 4.43. The number of nitrogens with one attached hydrogen (secondary N) is 1. The first-order valence-corrected chi connectivity index (χ1v) is 7.24. The Balaban J connectivity index is 0.00000132. The molecule has 0 saturated carbocycles. The maximum atomic E-state index is 12.6. The molecule has 2 fully saturated rings. The molecule has 2 atom stereocenters. The number of nitrogens with zero attached hydrogens (tertiary/aromatic N) is 1. The van der Waals surface area contributed by atoms with E-state index in [1.807, 2.05) is 17.0 Å². The molecule has 2 saturated heterocycles. The van der Waals surface area contributed by atoms with E-state index in [1.54, 1.807) is 6.07 Å². The number of ether oxygens (including phenoxy) is 2. The summed E-state index contributed by atoms with van der Waals surface area (Å²) in [4.78, 5) is 14.6. The van der Waals surface area contributed by atoms with Crippen molar-refractivity contribution < 1.29 is 14.3 Å². The molecular formula is C15H19ClN2O3. The van der Waals surface area contributed by atoms with E-state index in [9.17, 15) is 4.79 Å². The Morgan fingerprint density at radius 3 is 2.86 bits per heavy atom. The van der Waals surface area contributed by atoms with Crippen molar-refractivity contribution in [2.45, 2.75) is 31.3 Å². The maximum Gasteiger partial charge on any atom is 0.254 e. The standard InChI is InChI=1S/C15H18N2O3.ClH/c18-15(10-1-4-13-14(7-10)20-9-19-13)17-6-5-11-2-3-12(8-17)16-11;/h1,4,7,11-12,16H,2-3,5-6,8-9H2;1H. The molecule has 1 N–H and O–H groups in total. The maximum absolute atomic E-state index is 12.6. The van der Waals surface area contributed by atoms with Crippen LogP contribution in [0.5, 0.6) is 11.5 Å². The average Bonchev–Trinajstić information content (AvgIpc) is 3.03. The van der Waals surface area contributed by atoms with Crippen LogP contribution in [0.4, 0.5) is 0 Å². The van der Waals surface area contributed by atoms with Gasteiger partial charge in [-0.2, -0.15) is 0 Å². The molecule has 114 valence electrons. The fraction of sp³-hybridized carbons (Fsp3) is 0.533. The van der Waals surface area contributed by atoms with Gasteiger partial charge in [-0.1, -0.05) is 0 Å². The van der Waals surface area contributed by atoms with Gasteiger partial charge >= 0.3 is 0 Å². The van der Waals surface area contributed by atoms with E-state index in [0.29, 0.717) is 23.4 Å². The highest BCUT2D eigenvalue weighted by atomic mass is 35.5. The number of likely N-dealkylation sites (tertiary alicyclic amines) is 1. The number of amides is 1. The summed E-state index contributed by atoms with van der Waals surface area (Å²) in [7, 11) is 0. The van der Waals surface area contributed by atoms with Crippen LogP contribution in [0.15, 0.2) is 18.2 Å². The molecule has 0 aromatic heterocycles. The number of hydrogen-bond acceptors (Lipinski definition) is 4. The van der Waals surface area contributed by atoms with Crippen molar-refractivity contribution in [2.75, 3.05) is 19.9 Å². The Morgan fingerprint density at radius 2 is 1.95 bits per heavy atom. The highest BCUT2D eigenvalue weighted by molar-refractivity contribution is 5.95. The molecule has 0 aliphatic carbocycles. The Labute approximate surface area is 130 Å². The normalized spacial score (nSPS) is 26.2. The van der Waals surface area contributed by atoms with Crippen LogP contribution in [-0.2, 0) is 0 Å². The number of carbonyl (C=O) groups is 1. The summed E-state index contributed by atoms with van der Waals surface area (Å²) in [5.41, 5.74) is 0.687. The van der Waals surface area contributed by atoms with E-state index in [2.05, 4.69) is 5.32 Å². The summed E-state index contributed by atoms with van der Waals surface area (Å²) in [6.45, 7) is 1.88. The minimum absolute atomic E-state index is 0. The Kier molecular flexibility index (Phi) is 3.95. The summed E-state index contributed by atoms with van der Waals surface area (Å²) in [6.07, 6.45) is 3.47. The Morgan fingerprint density at radius 1 is 1.14 bits per heavy atom. The van der Waals surface area contributed by atoms with Crippen molar-refractivity contribution in [3.05, 3.63) is 23.8 Å². The van der Waals surface area contributed by atoms with Crippen molar-refractivity contribution in [2.24, 2.45) is 0 Å². The predicted octanol–water partition coefficient (Wildman–Crippen LogP) is 1.80. The van der Waals surface area contributed by atoms with Crippen LogP contribution in [0.25, 0.3) is 0 Å². The monoisotopic (exact) mass is 310 g/mol. The zero-order chi connectivity index (χ0) is 13.5. The largest absolute Gasteiger partial charge is 0.454 e. The molecule has 0 radical (unpaired) electrons. The minimum Gasteiger partial charge on any atom is -0.454 e. The van der Waals surface area contributed by atoms with Crippen LogP contribution in [0.3, 0.4) is 0 Å². The lowest BCUT2D eigenvalue weighted by molar-refractivity contribution is 0.0747. The van der Waals surface area contributed by atoms with Gasteiger partial charge in [0.2, 0.25) is 6.79 Å². The Hall–Kier alpha value is -1.46. The van der Waals surface area contributed by atoms with Gasteiger partial charge in [0, 0.05) is 30.7 Å². The molecule has 21 heavy (non-hydrogen) atoms. The summed E-state index contributed by atoms with van der Waals surface area (Å²) < 4.78 is 10.6. The lowest BCUT2D eigenvalue weighted by atomic mass is 10.1. The fourth-order valence-corrected chi connectivity index (χ4v) is 3.34. The summed E-state index contributed by atoms with van der Waals surface area (Å²) >= 11 is 0. The van der Waals surface area contributed by atoms with Crippen LogP contribution in [-0.4, -0.2) is 42.8 Å². The Bertz CT molecular complexity index is 552. The van der Waals surface area contributed by atoms with Gasteiger partial charge in [-0.05, 0) is 37.5 Å². The molecule has 5 nitrogen and oxygen atoms in total. The molecule has 0 spiro atoms. The van der Waals surface area contributed by atoms with Gasteiger partial charge in [0.25, 0.3) is 5.91 Å². The minimum atomic E-state index is 0. The molecule has 1 amide bonds. The summed E-state index contributed by atoms with van der Waals surface area (Å²) in [6, 6.07) is 6.49. The molecule has 1 aromatic rings. The second kappa shape index (κ2) is 5.73. The molecule has 2 unspecified atom stereocenters. The zero-order valence-corrected chi connectivity index (χ0v) is 12.5. The van der Waals surface area contributed by atoms with E-state index < -0.39 is 0 Å². The first kappa shape index (κ1) is 14.5. The van der Waals surface area contributed by atoms with Crippen molar-refractivity contribution in [3.8, 4) is 11.5 Å². The molecular weight excluding hydrogens is 292 g/mol. The van der Waals surface area contributed by atoms with Gasteiger partial charge in [-0.3, -0.25) is 4.79 Å². The van der Waals surface area contributed by atoms with Crippen LogP contribution >= 0.6 is 12.4 Å². The molecule has 1 aromatic carbocycles. The molecule has 6 heteroatoms. The number of halogens is 1. The van der Waals surface area contributed by atoms with Crippen LogP contribution in [0, 0.1) is 0 Å². The molecule has 3 aliphatic rings. The molecule has 4 rings (SSSR count). The second-order valence-corrected chi connectivity index (χ2v) is 5.75. The number of carbonyl (C=O) groups excluding carboxylic acids is 1. The highest BCUT2D eigenvalue weighted by Gasteiger charge is 2.31. The summed E-state index contributed by atoms with van der Waals surface area (Å²) in [5, 5.41) is 3.59. The third-order valence-corrected chi connectivity index (χ3v) is 4.43. The van der Waals surface area contributed by atoms with Gasteiger partial charge in [0.15, 0.2) is 11.5 Å². The van der Waals surface area contributed by atoms with Gasteiger partial charge < -0.3 is 19.7 Å². The van der Waals surface area contributed by atoms with Gasteiger partial charge in [0.05, 0.1) is 0 Å². The zero-order valence-electron chi connectivity index (χ0n) is 11.7. The smallest absolute Gasteiger partial charge is 0.254 e. The van der Waals surface area contributed by atoms with Crippen LogP contribution in [0.2, 0.25) is 0 Å². The second-order valence-electron chi connectivity index (χ2n) is 5.75.